The van der Waals surface area contributed by atoms with Crippen LogP contribution in [0.15, 0.2) is 6.33 Å². The van der Waals surface area contributed by atoms with Crippen molar-refractivity contribution in [2.45, 2.75) is 25.9 Å². The molecule has 0 saturated carbocycles. The molecule has 7 heteroatoms. The number of anilines is 1. The van der Waals surface area contributed by atoms with Crippen molar-refractivity contribution < 1.29 is 9.90 Å². The molecule has 1 unspecified atom stereocenters. The fourth-order valence-electron chi connectivity index (χ4n) is 1.32. The van der Waals surface area contributed by atoms with Gasteiger partial charge in [-0.05, 0) is 5.92 Å². The summed E-state index contributed by atoms with van der Waals surface area (Å²) in [6.07, 6.45) is 0.0523. The second-order valence-electron chi connectivity index (χ2n) is 3.88. The minimum absolute atomic E-state index is 0.0115. The molecule has 0 aliphatic rings. The standard InChI is InChI=1S/C10H15ClN4O2/c1-5(2)7-8(11)14-4-15-10(7)13-3-6(16)9(12)17/h4-6,16H,3H2,1-2H3,(H2,12,17)(H,13,14,15). The largest absolute Gasteiger partial charge is 0.381 e. The molecule has 1 aromatic heterocycles. The summed E-state index contributed by atoms with van der Waals surface area (Å²) in [6.45, 7) is 3.88. The maximum absolute atomic E-state index is 10.7. The molecular formula is C10H15ClN4O2. The molecule has 4 N–H and O–H groups in total. The van der Waals surface area contributed by atoms with Gasteiger partial charge in [-0.1, -0.05) is 25.4 Å². The van der Waals surface area contributed by atoms with Crippen molar-refractivity contribution in [3.63, 3.8) is 0 Å². The zero-order chi connectivity index (χ0) is 13.0. The molecule has 94 valence electrons. The number of carbonyl (C=O) groups excluding carboxylic acids is 1. The molecule has 0 aliphatic carbocycles. The number of aromatic nitrogens is 2. The number of halogens is 1. The summed E-state index contributed by atoms with van der Waals surface area (Å²) in [5, 5.41) is 12.5. The Labute approximate surface area is 104 Å². The summed E-state index contributed by atoms with van der Waals surface area (Å²) in [4.78, 5) is 18.6. The Morgan fingerprint density at radius 3 is 2.76 bits per heavy atom. The molecule has 1 rings (SSSR count). The van der Waals surface area contributed by atoms with Crippen molar-refractivity contribution in [2.75, 3.05) is 11.9 Å². The van der Waals surface area contributed by atoms with Gasteiger partial charge < -0.3 is 16.2 Å². The average Bonchev–Trinajstić information content (AvgIpc) is 2.24. The van der Waals surface area contributed by atoms with Gasteiger partial charge in [0.2, 0.25) is 5.91 Å². The Morgan fingerprint density at radius 1 is 1.59 bits per heavy atom. The topological polar surface area (TPSA) is 101 Å². The molecule has 17 heavy (non-hydrogen) atoms. The Balaban J connectivity index is 2.84. The average molecular weight is 259 g/mol. The number of nitrogens with two attached hydrogens (primary N) is 1. The van der Waals surface area contributed by atoms with Crippen LogP contribution in [0.25, 0.3) is 0 Å². The molecule has 0 fully saturated rings. The second kappa shape index (κ2) is 5.79. The molecule has 0 aromatic carbocycles. The quantitative estimate of drug-likeness (QED) is 0.668. The van der Waals surface area contributed by atoms with Crippen molar-refractivity contribution >= 4 is 23.3 Å². The number of amides is 1. The number of aliphatic hydroxyl groups excluding tert-OH is 1. The molecule has 1 atom stereocenters. The van der Waals surface area contributed by atoms with Crippen LogP contribution < -0.4 is 11.1 Å². The summed E-state index contributed by atoms with van der Waals surface area (Å²) in [5.41, 5.74) is 5.68. The first-order valence-corrected chi connectivity index (χ1v) is 5.53. The molecule has 1 heterocycles. The number of hydrogen-bond acceptors (Lipinski definition) is 5. The first-order chi connectivity index (χ1) is 7.93. The van der Waals surface area contributed by atoms with E-state index in [4.69, 9.17) is 17.3 Å². The lowest BCUT2D eigenvalue weighted by Crippen LogP contribution is -2.34. The van der Waals surface area contributed by atoms with Crippen LogP contribution in [-0.4, -0.2) is 33.6 Å². The third kappa shape index (κ3) is 3.54. The Kier molecular flexibility index (Phi) is 4.65. The van der Waals surface area contributed by atoms with Crippen molar-refractivity contribution in [3.8, 4) is 0 Å². The highest BCUT2D eigenvalue weighted by Crippen LogP contribution is 2.27. The van der Waals surface area contributed by atoms with Crippen LogP contribution in [0.4, 0.5) is 5.82 Å². The molecule has 0 aliphatic heterocycles. The highest BCUT2D eigenvalue weighted by atomic mass is 35.5. The van der Waals surface area contributed by atoms with Gasteiger partial charge in [-0.15, -0.1) is 0 Å². The Morgan fingerprint density at radius 2 is 2.24 bits per heavy atom. The lowest BCUT2D eigenvalue weighted by Gasteiger charge is -2.15. The number of hydrogen-bond donors (Lipinski definition) is 3. The van der Waals surface area contributed by atoms with Crippen molar-refractivity contribution in [1.29, 1.82) is 0 Å². The van der Waals surface area contributed by atoms with Crippen LogP contribution in [-0.2, 0) is 4.79 Å². The summed E-state index contributed by atoms with van der Waals surface area (Å²) >= 11 is 5.96. The smallest absolute Gasteiger partial charge is 0.248 e. The zero-order valence-electron chi connectivity index (χ0n) is 9.64. The van der Waals surface area contributed by atoms with E-state index in [2.05, 4.69) is 15.3 Å². The predicted octanol–water partition coefficient (Wildman–Crippen LogP) is 0.511. The molecule has 0 bridgehead atoms. The predicted molar refractivity (Wildman–Crippen MR) is 64.8 cm³/mol. The van der Waals surface area contributed by atoms with Gasteiger partial charge in [0.05, 0.1) is 6.54 Å². The van der Waals surface area contributed by atoms with Crippen LogP contribution in [0, 0.1) is 0 Å². The van der Waals surface area contributed by atoms with Crippen LogP contribution in [0.1, 0.15) is 25.3 Å². The van der Waals surface area contributed by atoms with Gasteiger partial charge in [-0.25, -0.2) is 9.97 Å². The summed E-state index contributed by atoms with van der Waals surface area (Å²) in [6, 6.07) is 0. The molecule has 0 radical (unpaired) electrons. The summed E-state index contributed by atoms with van der Waals surface area (Å²) in [7, 11) is 0. The second-order valence-corrected chi connectivity index (χ2v) is 4.24. The van der Waals surface area contributed by atoms with Gasteiger partial charge in [-0.3, -0.25) is 4.79 Å². The number of primary amides is 1. The zero-order valence-corrected chi connectivity index (χ0v) is 10.4. The first-order valence-electron chi connectivity index (χ1n) is 5.15. The van der Waals surface area contributed by atoms with Crippen molar-refractivity contribution in [3.05, 3.63) is 17.0 Å². The lowest BCUT2D eigenvalue weighted by atomic mass is 10.1. The van der Waals surface area contributed by atoms with Crippen LogP contribution in [0.5, 0.6) is 0 Å². The maximum Gasteiger partial charge on any atom is 0.248 e. The van der Waals surface area contributed by atoms with E-state index >= 15 is 0 Å². The van der Waals surface area contributed by atoms with Gasteiger partial charge in [0.1, 0.15) is 23.4 Å². The van der Waals surface area contributed by atoms with Crippen LogP contribution in [0.2, 0.25) is 5.15 Å². The fourth-order valence-corrected chi connectivity index (χ4v) is 1.67. The molecule has 1 aromatic rings. The molecule has 6 nitrogen and oxygen atoms in total. The van der Waals surface area contributed by atoms with Crippen molar-refractivity contribution in [1.82, 2.24) is 9.97 Å². The summed E-state index contributed by atoms with van der Waals surface area (Å²) < 4.78 is 0. The lowest BCUT2D eigenvalue weighted by molar-refractivity contribution is -0.125. The minimum atomic E-state index is -1.26. The van der Waals surface area contributed by atoms with Crippen molar-refractivity contribution in [2.24, 2.45) is 5.73 Å². The number of nitrogens with one attached hydrogen (secondary N) is 1. The minimum Gasteiger partial charge on any atom is -0.381 e. The maximum atomic E-state index is 10.7. The number of rotatable bonds is 5. The highest BCUT2D eigenvalue weighted by molar-refractivity contribution is 6.30. The summed E-state index contributed by atoms with van der Waals surface area (Å²) in [5.74, 6) is -0.166. The molecule has 0 spiro atoms. The molecule has 1 amide bonds. The van der Waals surface area contributed by atoms with Gasteiger partial charge in [0.25, 0.3) is 0 Å². The number of carbonyl (C=O) groups is 1. The highest BCUT2D eigenvalue weighted by Gasteiger charge is 2.16. The Hall–Kier alpha value is -1.40. The monoisotopic (exact) mass is 258 g/mol. The normalized spacial score (nSPS) is 12.5. The van der Waals surface area contributed by atoms with E-state index in [0.29, 0.717) is 11.0 Å². The third-order valence-electron chi connectivity index (χ3n) is 2.20. The van der Waals surface area contributed by atoms with Gasteiger partial charge in [-0.2, -0.15) is 0 Å². The number of nitrogens with zero attached hydrogens (tertiary/aromatic N) is 2. The number of aliphatic hydroxyl groups is 1. The molecule has 0 saturated heterocycles. The third-order valence-corrected chi connectivity index (χ3v) is 2.51. The van der Waals surface area contributed by atoms with Gasteiger partial charge in [0.15, 0.2) is 0 Å². The van der Waals surface area contributed by atoms with E-state index in [1.54, 1.807) is 0 Å². The van der Waals surface area contributed by atoms with Crippen LogP contribution >= 0.6 is 11.6 Å². The van der Waals surface area contributed by atoms with Gasteiger partial charge >= 0.3 is 0 Å². The van der Waals surface area contributed by atoms with E-state index in [-0.39, 0.29) is 12.5 Å². The van der Waals surface area contributed by atoms with E-state index in [1.165, 1.54) is 6.33 Å². The first kappa shape index (κ1) is 13.7. The van der Waals surface area contributed by atoms with E-state index in [9.17, 15) is 9.90 Å². The van der Waals surface area contributed by atoms with E-state index in [0.717, 1.165) is 5.56 Å². The van der Waals surface area contributed by atoms with Gasteiger partial charge in [0, 0.05) is 5.56 Å². The molecular weight excluding hydrogens is 244 g/mol. The van der Waals surface area contributed by atoms with E-state index in [1.807, 2.05) is 13.8 Å². The van der Waals surface area contributed by atoms with E-state index < -0.39 is 12.0 Å². The SMILES string of the molecule is CC(C)c1c(Cl)ncnc1NCC(O)C(N)=O. The van der Waals surface area contributed by atoms with Crippen LogP contribution in [0.3, 0.4) is 0 Å². The Bertz CT molecular complexity index is 411. The fraction of sp³-hybridized carbons (Fsp3) is 0.500.